The first kappa shape index (κ1) is 30.6. The summed E-state index contributed by atoms with van der Waals surface area (Å²) in [7, 11) is 0. The Morgan fingerprint density at radius 2 is 1.87 bits per heavy atom. The lowest BCUT2D eigenvalue weighted by Gasteiger charge is -2.25. The maximum absolute atomic E-state index is 12.8. The Hall–Kier alpha value is -3.66. The second-order valence-electron chi connectivity index (χ2n) is 9.27. The van der Waals surface area contributed by atoms with Gasteiger partial charge in [0.2, 0.25) is 11.8 Å². The van der Waals surface area contributed by atoms with Crippen LogP contribution in [0.25, 0.3) is 0 Å². The molecule has 0 bridgehead atoms. The number of benzene rings is 1. The van der Waals surface area contributed by atoms with E-state index in [1.54, 1.807) is 17.9 Å². The van der Waals surface area contributed by atoms with E-state index in [0.717, 1.165) is 18.4 Å². The third kappa shape index (κ3) is 10.0. The highest BCUT2D eigenvalue weighted by Gasteiger charge is 2.31. The zero-order valence-corrected chi connectivity index (χ0v) is 22.0. The molecule has 10 nitrogen and oxygen atoms in total. The largest absolute Gasteiger partial charge is 0.459 e. The van der Waals surface area contributed by atoms with Gasteiger partial charge >= 0.3 is 12.1 Å². The van der Waals surface area contributed by atoms with E-state index in [0.29, 0.717) is 13.0 Å². The number of carbonyl (C=O) groups is 4. The van der Waals surface area contributed by atoms with Crippen molar-refractivity contribution in [3.8, 4) is 0 Å². The number of nitrogens with zero attached hydrogens (tertiary/aromatic N) is 1. The molecular weight excluding hydrogens is 490 g/mol. The standard InChI is InChI=1S/C28H39N3O7/c1-4-10-22(16-25(33)31-15-9-14-23(31)18-32)26(34)29-17-20(3)38-27(35)24(11-5-2)30-28(36)37-19-21-12-7-6-8-13-21/h4-8,12-13,20,22-24,32H,1-2,9-11,14-19H2,3H3,(H,29,34)(H,30,36). The Morgan fingerprint density at radius 3 is 2.53 bits per heavy atom. The molecule has 1 heterocycles. The molecular formula is C28H39N3O7. The number of alkyl carbamates (subject to hydrolysis) is 1. The van der Waals surface area contributed by atoms with E-state index in [9.17, 15) is 24.3 Å². The molecule has 4 atom stereocenters. The fourth-order valence-electron chi connectivity index (χ4n) is 4.16. The molecule has 1 aliphatic rings. The number of aliphatic hydroxyl groups is 1. The van der Waals surface area contributed by atoms with Gasteiger partial charge in [-0.2, -0.15) is 0 Å². The Kier molecular flexibility index (Phi) is 13.1. The van der Waals surface area contributed by atoms with Crippen molar-refractivity contribution in [2.45, 2.75) is 63.8 Å². The summed E-state index contributed by atoms with van der Waals surface area (Å²) in [5.41, 5.74) is 0.806. The van der Waals surface area contributed by atoms with Crippen molar-refractivity contribution < 1.29 is 33.8 Å². The maximum Gasteiger partial charge on any atom is 0.408 e. The molecule has 1 aromatic rings. The second-order valence-corrected chi connectivity index (χ2v) is 9.27. The minimum Gasteiger partial charge on any atom is -0.459 e. The van der Waals surface area contributed by atoms with E-state index < -0.39 is 30.1 Å². The van der Waals surface area contributed by atoms with Crippen LogP contribution in [0.3, 0.4) is 0 Å². The molecule has 38 heavy (non-hydrogen) atoms. The highest BCUT2D eigenvalue weighted by atomic mass is 16.6. The summed E-state index contributed by atoms with van der Waals surface area (Å²) in [4.78, 5) is 52.0. The molecule has 2 rings (SSSR count). The average molecular weight is 530 g/mol. The maximum atomic E-state index is 12.8. The summed E-state index contributed by atoms with van der Waals surface area (Å²) in [5, 5.41) is 14.7. The van der Waals surface area contributed by atoms with Crippen LogP contribution in [0.4, 0.5) is 4.79 Å². The molecule has 1 saturated heterocycles. The number of allylic oxidation sites excluding steroid dienone is 1. The monoisotopic (exact) mass is 529 g/mol. The molecule has 208 valence electrons. The van der Waals surface area contributed by atoms with Gasteiger partial charge in [-0.05, 0) is 38.2 Å². The molecule has 0 aromatic heterocycles. The highest BCUT2D eigenvalue weighted by Crippen LogP contribution is 2.21. The molecule has 0 spiro atoms. The number of rotatable bonds is 15. The van der Waals surface area contributed by atoms with Crippen LogP contribution in [0, 0.1) is 5.92 Å². The van der Waals surface area contributed by atoms with Crippen LogP contribution in [0.5, 0.6) is 0 Å². The molecule has 0 saturated carbocycles. The van der Waals surface area contributed by atoms with Crippen LogP contribution in [-0.4, -0.2) is 71.8 Å². The van der Waals surface area contributed by atoms with Crippen molar-refractivity contribution in [1.29, 1.82) is 0 Å². The Labute approximate surface area is 224 Å². The van der Waals surface area contributed by atoms with Gasteiger partial charge in [-0.25, -0.2) is 9.59 Å². The predicted molar refractivity (Wildman–Crippen MR) is 142 cm³/mol. The number of carbonyl (C=O) groups excluding carboxylic acids is 4. The summed E-state index contributed by atoms with van der Waals surface area (Å²) in [5.74, 6) is -1.85. The molecule has 0 radical (unpaired) electrons. The topological polar surface area (TPSA) is 134 Å². The summed E-state index contributed by atoms with van der Waals surface area (Å²) in [6, 6.07) is 7.92. The molecule has 1 fully saturated rings. The van der Waals surface area contributed by atoms with Gasteiger partial charge in [0.05, 0.1) is 25.1 Å². The lowest BCUT2D eigenvalue weighted by atomic mass is 9.99. The van der Waals surface area contributed by atoms with Crippen LogP contribution in [0.15, 0.2) is 55.6 Å². The van der Waals surface area contributed by atoms with Crippen molar-refractivity contribution in [2.24, 2.45) is 5.92 Å². The number of ether oxygens (including phenoxy) is 2. The lowest BCUT2D eigenvalue weighted by Crippen LogP contribution is -2.45. The van der Waals surface area contributed by atoms with Gasteiger partial charge in [-0.1, -0.05) is 42.5 Å². The Bertz CT molecular complexity index is 953. The van der Waals surface area contributed by atoms with Gasteiger partial charge < -0.3 is 30.1 Å². The van der Waals surface area contributed by atoms with Gasteiger partial charge in [0, 0.05) is 13.0 Å². The van der Waals surface area contributed by atoms with Gasteiger partial charge in [0.1, 0.15) is 18.8 Å². The number of esters is 1. The van der Waals surface area contributed by atoms with Crippen molar-refractivity contribution >= 4 is 23.9 Å². The molecule has 10 heteroatoms. The van der Waals surface area contributed by atoms with Crippen LogP contribution >= 0.6 is 0 Å². The third-order valence-electron chi connectivity index (χ3n) is 6.22. The van der Waals surface area contributed by atoms with Crippen molar-refractivity contribution in [2.75, 3.05) is 19.7 Å². The van der Waals surface area contributed by atoms with E-state index in [4.69, 9.17) is 9.47 Å². The lowest BCUT2D eigenvalue weighted by molar-refractivity contribution is -0.151. The first-order valence-corrected chi connectivity index (χ1v) is 12.9. The first-order chi connectivity index (χ1) is 18.3. The van der Waals surface area contributed by atoms with E-state index in [1.807, 2.05) is 30.3 Å². The Morgan fingerprint density at radius 1 is 1.16 bits per heavy atom. The molecule has 1 aliphatic heterocycles. The zero-order valence-electron chi connectivity index (χ0n) is 22.0. The predicted octanol–water partition coefficient (Wildman–Crippen LogP) is 2.47. The average Bonchev–Trinajstić information content (AvgIpc) is 3.40. The highest BCUT2D eigenvalue weighted by molar-refractivity contribution is 5.86. The van der Waals surface area contributed by atoms with E-state index in [-0.39, 0.29) is 50.5 Å². The Balaban J connectivity index is 1.82. The summed E-state index contributed by atoms with van der Waals surface area (Å²) in [6.45, 7) is 9.45. The normalized spacial score (nSPS) is 17.0. The number of nitrogens with one attached hydrogen (secondary N) is 2. The minimum atomic E-state index is -1.00. The molecule has 3 amide bonds. The second kappa shape index (κ2) is 16.2. The number of hydrogen-bond donors (Lipinski definition) is 3. The van der Waals surface area contributed by atoms with Crippen molar-refractivity contribution in [3.05, 3.63) is 61.2 Å². The molecule has 4 unspecified atom stereocenters. The minimum absolute atomic E-state index is 0.00105. The molecule has 3 N–H and O–H groups in total. The smallest absolute Gasteiger partial charge is 0.408 e. The summed E-state index contributed by atoms with van der Waals surface area (Å²) >= 11 is 0. The fourth-order valence-corrected chi connectivity index (χ4v) is 4.16. The summed E-state index contributed by atoms with van der Waals surface area (Å²) in [6.07, 6.45) is 3.60. The SMILES string of the molecule is C=CCC(CC(=O)N1CCCC1CO)C(=O)NCC(C)OC(=O)C(CC=C)NC(=O)OCc1ccccc1. The van der Waals surface area contributed by atoms with Crippen LogP contribution in [-0.2, 0) is 30.5 Å². The van der Waals surface area contributed by atoms with Crippen molar-refractivity contribution in [1.82, 2.24) is 15.5 Å². The van der Waals surface area contributed by atoms with Crippen LogP contribution in [0.1, 0.15) is 44.6 Å². The van der Waals surface area contributed by atoms with Gasteiger partial charge in [-0.3, -0.25) is 9.59 Å². The van der Waals surface area contributed by atoms with Gasteiger partial charge in [0.15, 0.2) is 0 Å². The van der Waals surface area contributed by atoms with Crippen LogP contribution < -0.4 is 10.6 Å². The van der Waals surface area contributed by atoms with Gasteiger partial charge in [0.25, 0.3) is 0 Å². The number of amides is 3. The quantitative estimate of drug-likeness (QED) is 0.235. The number of likely N-dealkylation sites (tertiary alicyclic amines) is 1. The zero-order chi connectivity index (χ0) is 27.9. The fraction of sp³-hybridized carbons (Fsp3) is 0.500. The van der Waals surface area contributed by atoms with Crippen LogP contribution in [0.2, 0.25) is 0 Å². The third-order valence-corrected chi connectivity index (χ3v) is 6.22. The number of hydrogen-bond acceptors (Lipinski definition) is 7. The van der Waals surface area contributed by atoms with Gasteiger partial charge in [-0.15, -0.1) is 13.2 Å². The van der Waals surface area contributed by atoms with E-state index in [2.05, 4.69) is 23.8 Å². The van der Waals surface area contributed by atoms with E-state index >= 15 is 0 Å². The summed E-state index contributed by atoms with van der Waals surface area (Å²) < 4.78 is 10.6. The molecule has 1 aromatic carbocycles. The molecule has 0 aliphatic carbocycles. The number of aliphatic hydroxyl groups excluding tert-OH is 1. The van der Waals surface area contributed by atoms with Crippen molar-refractivity contribution in [3.63, 3.8) is 0 Å². The van der Waals surface area contributed by atoms with E-state index in [1.165, 1.54) is 6.08 Å². The first-order valence-electron chi connectivity index (χ1n) is 12.9.